The zero-order valence-electron chi connectivity index (χ0n) is 14.8. The molecule has 136 valence electrons. The van der Waals surface area contributed by atoms with Crippen LogP contribution in [0.15, 0.2) is 24.3 Å². The largest absolute Gasteiger partial charge is 0.374 e. The van der Waals surface area contributed by atoms with E-state index in [4.69, 9.17) is 4.74 Å². The van der Waals surface area contributed by atoms with Crippen molar-refractivity contribution in [3.8, 4) is 0 Å². The molecule has 1 amide bonds. The Balaban J connectivity index is 0.00000288. The number of nitrogens with one attached hydrogen (secondary N) is 2. The topological polar surface area (TPSA) is 50.4 Å². The van der Waals surface area contributed by atoms with Gasteiger partial charge in [0.2, 0.25) is 5.91 Å². The zero-order chi connectivity index (χ0) is 16.5. The molecule has 2 atom stereocenters. The summed E-state index contributed by atoms with van der Waals surface area (Å²) < 4.78 is 6.06. The fourth-order valence-corrected chi connectivity index (χ4v) is 3.13. The van der Waals surface area contributed by atoms with Crippen LogP contribution in [0.25, 0.3) is 0 Å². The third-order valence-electron chi connectivity index (χ3n) is 4.42. The summed E-state index contributed by atoms with van der Waals surface area (Å²) in [4.78, 5) is 11.9. The predicted molar refractivity (Wildman–Crippen MR) is 102 cm³/mol. The van der Waals surface area contributed by atoms with E-state index in [1.54, 1.807) is 0 Å². The van der Waals surface area contributed by atoms with Gasteiger partial charge in [-0.3, -0.25) is 4.79 Å². The first-order chi connectivity index (χ1) is 11.2. The third-order valence-corrected chi connectivity index (χ3v) is 4.42. The van der Waals surface area contributed by atoms with E-state index >= 15 is 0 Å². The van der Waals surface area contributed by atoms with Crippen LogP contribution in [0.4, 0.5) is 5.69 Å². The van der Waals surface area contributed by atoms with Gasteiger partial charge in [-0.1, -0.05) is 31.9 Å². The number of carbonyl (C=O) groups is 1. The summed E-state index contributed by atoms with van der Waals surface area (Å²) in [6.45, 7) is 3.79. The molecular weight excluding hydrogens is 324 g/mol. The van der Waals surface area contributed by atoms with Gasteiger partial charge in [0, 0.05) is 12.1 Å². The molecule has 4 nitrogen and oxygen atoms in total. The first-order valence-corrected chi connectivity index (χ1v) is 8.82. The van der Waals surface area contributed by atoms with Crippen molar-refractivity contribution in [2.45, 2.75) is 58.2 Å². The molecule has 1 aliphatic carbocycles. The molecule has 0 radical (unpaired) electrons. The lowest BCUT2D eigenvalue weighted by atomic mass is 9.89. The molecule has 1 fully saturated rings. The second kappa shape index (κ2) is 11.5. The van der Waals surface area contributed by atoms with Gasteiger partial charge in [0.1, 0.15) is 0 Å². The molecule has 0 heterocycles. The van der Waals surface area contributed by atoms with E-state index in [1.165, 1.54) is 25.7 Å². The Hall–Kier alpha value is -1.10. The van der Waals surface area contributed by atoms with E-state index in [1.807, 2.05) is 25.2 Å². The van der Waals surface area contributed by atoms with Crippen LogP contribution in [0.3, 0.4) is 0 Å². The Morgan fingerprint density at radius 2 is 2.17 bits per heavy atom. The average Bonchev–Trinajstić information content (AvgIpc) is 2.54. The fourth-order valence-electron chi connectivity index (χ4n) is 3.13. The Morgan fingerprint density at radius 1 is 1.33 bits per heavy atom. The van der Waals surface area contributed by atoms with Crippen molar-refractivity contribution in [1.29, 1.82) is 0 Å². The van der Waals surface area contributed by atoms with Crippen molar-refractivity contribution in [1.82, 2.24) is 5.32 Å². The molecule has 24 heavy (non-hydrogen) atoms. The molecule has 1 aromatic rings. The Morgan fingerprint density at radius 3 is 2.92 bits per heavy atom. The van der Waals surface area contributed by atoms with Gasteiger partial charge in [-0.2, -0.15) is 0 Å². The van der Waals surface area contributed by atoms with Gasteiger partial charge in [0.25, 0.3) is 0 Å². The molecule has 0 saturated heterocycles. The van der Waals surface area contributed by atoms with Gasteiger partial charge in [-0.25, -0.2) is 0 Å². The van der Waals surface area contributed by atoms with Crippen LogP contribution in [0.1, 0.15) is 51.0 Å². The number of ether oxygens (including phenoxy) is 1. The standard InChI is InChI=1S/C19H30N2O2.ClH/c1-15-6-3-9-18(12-15)23-14-16-7-4-8-17(13-16)21-19(22)10-5-11-20-2;/h4,7-8,13,15,18,20H,3,5-6,9-12,14H2,1-2H3,(H,21,22);1H. The van der Waals surface area contributed by atoms with Crippen LogP contribution in [-0.2, 0) is 16.1 Å². The highest BCUT2D eigenvalue weighted by molar-refractivity contribution is 5.90. The molecule has 5 heteroatoms. The quantitative estimate of drug-likeness (QED) is 0.690. The van der Waals surface area contributed by atoms with Crippen molar-refractivity contribution in [2.75, 3.05) is 18.9 Å². The molecule has 2 N–H and O–H groups in total. The summed E-state index contributed by atoms with van der Waals surface area (Å²) in [6, 6.07) is 7.98. The second-order valence-corrected chi connectivity index (χ2v) is 6.66. The number of carbonyl (C=O) groups excluding carboxylic acids is 1. The summed E-state index contributed by atoms with van der Waals surface area (Å²) in [5.41, 5.74) is 1.98. The normalized spacial score (nSPS) is 20.2. The van der Waals surface area contributed by atoms with Gasteiger partial charge in [0.05, 0.1) is 12.7 Å². The summed E-state index contributed by atoms with van der Waals surface area (Å²) in [5.74, 6) is 0.844. The van der Waals surface area contributed by atoms with Gasteiger partial charge in [0.15, 0.2) is 0 Å². The van der Waals surface area contributed by atoms with Crippen molar-refractivity contribution >= 4 is 24.0 Å². The van der Waals surface area contributed by atoms with Crippen LogP contribution >= 0.6 is 12.4 Å². The first kappa shape index (κ1) is 20.9. The molecule has 0 spiro atoms. The van der Waals surface area contributed by atoms with Crippen LogP contribution in [0, 0.1) is 5.92 Å². The fraction of sp³-hybridized carbons (Fsp3) is 0.632. The smallest absolute Gasteiger partial charge is 0.224 e. The number of hydrogen-bond acceptors (Lipinski definition) is 3. The van der Waals surface area contributed by atoms with Crippen molar-refractivity contribution in [2.24, 2.45) is 5.92 Å². The van der Waals surface area contributed by atoms with Gasteiger partial charge in [-0.15, -0.1) is 12.4 Å². The first-order valence-electron chi connectivity index (χ1n) is 8.82. The summed E-state index contributed by atoms with van der Waals surface area (Å²) >= 11 is 0. The lowest BCUT2D eigenvalue weighted by Crippen LogP contribution is -2.21. The van der Waals surface area contributed by atoms with E-state index in [9.17, 15) is 4.79 Å². The SMILES string of the molecule is CNCCCC(=O)Nc1cccc(COC2CCCC(C)C2)c1.Cl. The third kappa shape index (κ3) is 7.65. The minimum atomic E-state index is 0. The average molecular weight is 355 g/mol. The molecule has 2 rings (SSSR count). The van der Waals surface area contributed by atoms with E-state index in [2.05, 4.69) is 23.6 Å². The highest BCUT2D eigenvalue weighted by atomic mass is 35.5. The van der Waals surface area contributed by atoms with Crippen molar-refractivity contribution in [3.63, 3.8) is 0 Å². The molecule has 0 bridgehead atoms. The monoisotopic (exact) mass is 354 g/mol. The molecule has 1 aromatic carbocycles. The van der Waals surface area contributed by atoms with E-state index < -0.39 is 0 Å². The summed E-state index contributed by atoms with van der Waals surface area (Å²) in [5, 5.41) is 6.01. The maximum Gasteiger partial charge on any atom is 0.224 e. The minimum Gasteiger partial charge on any atom is -0.374 e. The highest BCUT2D eigenvalue weighted by Gasteiger charge is 2.19. The van der Waals surface area contributed by atoms with Crippen molar-refractivity contribution < 1.29 is 9.53 Å². The minimum absolute atomic E-state index is 0. The lowest BCUT2D eigenvalue weighted by Gasteiger charge is -2.26. The van der Waals surface area contributed by atoms with Crippen LogP contribution in [-0.4, -0.2) is 25.6 Å². The van der Waals surface area contributed by atoms with Crippen LogP contribution in [0.5, 0.6) is 0 Å². The summed E-state index contributed by atoms with van der Waals surface area (Å²) in [6.07, 6.45) is 6.72. The van der Waals surface area contributed by atoms with Gasteiger partial charge in [-0.05, 0) is 56.5 Å². The predicted octanol–water partition coefficient (Wildman–Crippen LogP) is 4.14. The number of amides is 1. The summed E-state index contributed by atoms with van der Waals surface area (Å²) in [7, 11) is 1.90. The van der Waals surface area contributed by atoms with E-state index in [0.717, 1.165) is 30.1 Å². The molecule has 0 aliphatic heterocycles. The van der Waals surface area contributed by atoms with E-state index in [-0.39, 0.29) is 18.3 Å². The number of benzene rings is 1. The molecule has 1 aliphatic rings. The lowest BCUT2D eigenvalue weighted by molar-refractivity contribution is -0.116. The zero-order valence-corrected chi connectivity index (χ0v) is 15.7. The second-order valence-electron chi connectivity index (χ2n) is 6.66. The number of hydrogen-bond donors (Lipinski definition) is 2. The number of anilines is 1. The van der Waals surface area contributed by atoms with E-state index in [0.29, 0.717) is 19.1 Å². The van der Waals surface area contributed by atoms with Crippen LogP contribution in [0.2, 0.25) is 0 Å². The van der Waals surface area contributed by atoms with Crippen molar-refractivity contribution in [3.05, 3.63) is 29.8 Å². The molecule has 1 saturated carbocycles. The van der Waals surface area contributed by atoms with Gasteiger partial charge >= 0.3 is 0 Å². The number of rotatable bonds is 8. The molecule has 0 aromatic heterocycles. The number of halogens is 1. The van der Waals surface area contributed by atoms with Gasteiger partial charge < -0.3 is 15.4 Å². The Labute approximate surface area is 152 Å². The Kier molecular flexibility index (Phi) is 9.99. The van der Waals surface area contributed by atoms with Crippen LogP contribution < -0.4 is 10.6 Å². The maximum atomic E-state index is 11.9. The molecular formula is C19H31ClN2O2. The Bertz CT molecular complexity index is 496. The molecule has 2 unspecified atom stereocenters. The highest BCUT2D eigenvalue weighted by Crippen LogP contribution is 2.26. The maximum absolute atomic E-state index is 11.9.